The van der Waals surface area contributed by atoms with Crippen LogP contribution in [0, 0.1) is 5.82 Å². The number of carbonyl (C=O) groups excluding carboxylic acids is 1. The summed E-state index contributed by atoms with van der Waals surface area (Å²) in [6, 6.07) is 5.63. The van der Waals surface area contributed by atoms with Gasteiger partial charge >= 0.3 is 5.97 Å². The van der Waals surface area contributed by atoms with Crippen molar-refractivity contribution >= 4 is 5.97 Å². The first-order chi connectivity index (χ1) is 10.7. The summed E-state index contributed by atoms with van der Waals surface area (Å²) in [6.07, 6.45) is 0.622. The molecule has 124 valence electrons. The molecule has 0 spiro atoms. The molecule has 0 saturated carbocycles. The first-order valence-electron chi connectivity index (χ1n) is 7.47. The summed E-state index contributed by atoms with van der Waals surface area (Å²) in [5, 5.41) is 0. The Kier molecular flexibility index (Phi) is 9.37. The first-order valence-corrected chi connectivity index (χ1v) is 7.47. The molecule has 5 nitrogen and oxygen atoms in total. The Labute approximate surface area is 130 Å². The van der Waals surface area contributed by atoms with Gasteiger partial charge < -0.3 is 9.47 Å². The van der Waals surface area contributed by atoms with Gasteiger partial charge in [0.1, 0.15) is 5.82 Å². The van der Waals surface area contributed by atoms with Gasteiger partial charge in [-0.15, -0.1) is 0 Å². The fourth-order valence-corrected chi connectivity index (χ4v) is 1.76. The zero-order chi connectivity index (χ0) is 16.2. The van der Waals surface area contributed by atoms with E-state index in [0.29, 0.717) is 31.8 Å². The second kappa shape index (κ2) is 11.1. The molecule has 1 atom stereocenters. The number of carbonyl (C=O) groups is 1. The number of hydrogen-bond donors (Lipinski definition) is 0. The Bertz CT molecular complexity index is 421. The quantitative estimate of drug-likeness (QED) is 0.272. The van der Waals surface area contributed by atoms with E-state index in [0.717, 1.165) is 6.42 Å². The molecular weight excluding hydrogens is 291 g/mol. The largest absolute Gasteiger partial charge is 0.464 e. The summed E-state index contributed by atoms with van der Waals surface area (Å²) >= 11 is 0. The standard InChI is InChI=1S/C16H23FO5/c1-3-19-16(18)15(13-7-9-14(17)10-8-13)20-11-5-6-12-22-21-4-2/h7-10,15H,3-6,11-12H2,1-2H3. The highest BCUT2D eigenvalue weighted by atomic mass is 19.1. The predicted octanol–water partition coefficient (Wildman–Crippen LogP) is 3.19. The fraction of sp³-hybridized carbons (Fsp3) is 0.562. The number of benzene rings is 1. The molecule has 6 heteroatoms. The van der Waals surface area contributed by atoms with Crippen molar-refractivity contribution in [3.63, 3.8) is 0 Å². The lowest BCUT2D eigenvalue weighted by Crippen LogP contribution is -2.19. The molecule has 0 bridgehead atoms. The third-order valence-corrected chi connectivity index (χ3v) is 2.78. The molecule has 0 amide bonds. The molecule has 0 fully saturated rings. The van der Waals surface area contributed by atoms with Crippen LogP contribution >= 0.6 is 0 Å². The Hall–Kier alpha value is -1.50. The van der Waals surface area contributed by atoms with Gasteiger partial charge in [-0.05, 0) is 44.4 Å². The van der Waals surface area contributed by atoms with Crippen LogP contribution in [-0.4, -0.2) is 32.4 Å². The summed E-state index contributed by atoms with van der Waals surface area (Å²) in [7, 11) is 0. The van der Waals surface area contributed by atoms with Crippen molar-refractivity contribution in [1.82, 2.24) is 0 Å². The molecule has 1 unspecified atom stereocenters. The second-order valence-electron chi connectivity index (χ2n) is 4.49. The van der Waals surface area contributed by atoms with Crippen LogP contribution in [0.3, 0.4) is 0 Å². The molecule has 0 aliphatic carbocycles. The van der Waals surface area contributed by atoms with E-state index >= 15 is 0 Å². The van der Waals surface area contributed by atoms with Gasteiger partial charge in [-0.25, -0.2) is 19.0 Å². The van der Waals surface area contributed by atoms with E-state index in [-0.39, 0.29) is 12.4 Å². The van der Waals surface area contributed by atoms with Crippen LogP contribution in [0.5, 0.6) is 0 Å². The zero-order valence-electron chi connectivity index (χ0n) is 13.0. The minimum Gasteiger partial charge on any atom is -0.464 e. The van der Waals surface area contributed by atoms with Gasteiger partial charge in [-0.2, -0.15) is 0 Å². The van der Waals surface area contributed by atoms with Crippen molar-refractivity contribution < 1.29 is 28.4 Å². The van der Waals surface area contributed by atoms with Crippen LogP contribution in [0.2, 0.25) is 0 Å². The maximum atomic E-state index is 13.0. The van der Waals surface area contributed by atoms with Gasteiger partial charge in [0.2, 0.25) is 0 Å². The zero-order valence-corrected chi connectivity index (χ0v) is 13.0. The van der Waals surface area contributed by atoms with Gasteiger partial charge in [0.25, 0.3) is 0 Å². The van der Waals surface area contributed by atoms with Crippen molar-refractivity contribution in [3.05, 3.63) is 35.6 Å². The second-order valence-corrected chi connectivity index (χ2v) is 4.49. The highest BCUT2D eigenvalue weighted by Crippen LogP contribution is 2.20. The van der Waals surface area contributed by atoms with E-state index in [4.69, 9.17) is 19.2 Å². The first kappa shape index (κ1) is 18.5. The van der Waals surface area contributed by atoms with Gasteiger partial charge in [0.05, 0.1) is 19.8 Å². The molecule has 1 aromatic rings. The number of ether oxygens (including phenoxy) is 2. The summed E-state index contributed by atoms with van der Waals surface area (Å²) in [5.41, 5.74) is 0.574. The van der Waals surface area contributed by atoms with Crippen molar-refractivity contribution in [3.8, 4) is 0 Å². The highest BCUT2D eigenvalue weighted by Gasteiger charge is 2.22. The lowest BCUT2D eigenvalue weighted by atomic mass is 10.1. The smallest absolute Gasteiger partial charge is 0.339 e. The van der Waals surface area contributed by atoms with E-state index in [1.165, 1.54) is 24.3 Å². The van der Waals surface area contributed by atoms with E-state index < -0.39 is 12.1 Å². The third-order valence-electron chi connectivity index (χ3n) is 2.78. The summed E-state index contributed by atoms with van der Waals surface area (Å²) in [5.74, 6) is -0.834. The van der Waals surface area contributed by atoms with E-state index in [1.807, 2.05) is 6.92 Å². The Morgan fingerprint density at radius 3 is 2.36 bits per heavy atom. The van der Waals surface area contributed by atoms with Crippen LogP contribution in [0.1, 0.15) is 38.4 Å². The van der Waals surface area contributed by atoms with E-state index in [2.05, 4.69) is 0 Å². The van der Waals surface area contributed by atoms with Gasteiger partial charge in [-0.3, -0.25) is 0 Å². The Morgan fingerprint density at radius 2 is 1.73 bits per heavy atom. The topological polar surface area (TPSA) is 54.0 Å². The fourth-order valence-electron chi connectivity index (χ4n) is 1.76. The minimum absolute atomic E-state index is 0.266. The molecule has 0 heterocycles. The molecule has 22 heavy (non-hydrogen) atoms. The number of hydrogen-bond acceptors (Lipinski definition) is 5. The predicted molar refractivity (Wildman–Crippen MR) is 78.5 cm³/mol. The Balaban J connectivity index is 2.45. The lowest BCUT2D eigenvalue weighted by Gasteiger charge is -2.17. The van der Waals surface area contributed by atoms with Crippen LogP contribution in [0.25, 0.3) is 0 Å². The molecule has 0 aliphatic heterocycles. The average Bonchev–Trinajstić information content (AvgIpc) is 2.51. The van der Waals surface area contributed by atoms with Crippen LogP contribution in [-0.2, 0) is 24.0 Å². The SMILES string of the molecule is CCOOCCCCOC(C(=O)OCC)c1ccc(F)cc1. The summed E-state index contributed by atoms with van der Waals surface area (Å²) < 4.78 is 23.6. The third kappa shape index (κ3) is 6.98. The monoisotopic (exact) mass is 314 g/mol. The Morgan fingerprint density at radius 1 is 1.05 bits per heavy atom. The molecule has 0 radical (unpaired) electrons. The lowest BCUT2D eigenvalue weighted by molar-refractivity contribution is -0.291. The molecule has 0 N–H and O–H groups in total. The van der Waals surface area contributed by atoms with E-state index in [9.17, 15) is 9.18 Å². The molecular formula is C16H23FO5. The highest BCUT2D eigenvalue weighted by molar-refractivity contribution is 5.76. The molecule has 0 aliphatic rings. The number of esters is 1. The van der Waals surface area contributed by atoms with E-state index in [1.54, 1.807) is 6.92 Å². The van der Waals surface area contributed by atoms with Crippen molar-refractivity contribution in [2.45, 2.75) is 32.8 Å². The molecule has 1 aromatic carbocycles. The molecule has 0 aromatic heterocycles. The van der Waals surface area contributed by atoms with Gasteiger partial charge in [0.15, 0.2) is 6.10 Å². The number of rotatable bonds is 11. The minimum atomic E-state index is -0.839. The van der Waals surface area contributed by atoms with Gasteiger partial charge in [-0.1, -0.05) is 12.1 Å². The number of halogens is 1. The normalized spacial score (nSPS) is 12.1. The van der Waals surface area contributed by atoms with Crippen molar-refractivity contribution in [1.29, 1.82) is 0 Å². The number of unbranched alkanes of at least 4 members (excludes halogenated alkanes) is 1. The van der Waals surface area contributed by atoms with Crippen LogP contribution in [0.15, 0.2) is 24.3 Å². The molecule has 0 saturated heterocycles. The van der Waals surface area contributed by atoms with Crippen molar-refractivity contribution in [2.24, 2.45) is 0 Å². The van der Waals surface area contributed by atoms with Crippen LogP contribution in [0.4, 0.5) is 4.39 Å². The summed E-state index contributed by atoms with van der Waals surface area (Å²) in [6.45, 7) is 5.18. The maximum Gasteiger partial charge on any atom is 0.339 e. The maximum absolute atomic E-state index is 13.0. The average molecular weight is 314 g/mol. The summed E-state index contributed by atoms with van der Waals surface area (Å²) in [4.78, 5) is 21.6. The van der Waals surface area contributed by atoms with Gasteiger partial charge in [0, 0.05) is 6.61 Å². The molecule has 1 rings (SSSR count). The van der Waals surface area contributed by atoms with Crippen molar-refractivity contribution in [2.75, 3.05) is 26.4 Å². The van der Waals surface area contributed by atoms with Crippen LogP contribution < -0.4 is 0 Å².